The van der Waals surface area contributed by atoms with Gasteiger partial charge in [-0.25, -0.2) is 0 Å². The van der Waals surface area contributed by atoms with Crippen molar-refractivity contribution in [3.63, 3.8) is 0 Å². The normalized spacial score (nSPS) is 11.4. The molecule has 0 spiro atoms. The summed E-state index contributed by atoms with van der Waals surface area (Å²) in [4.78, 5) is 8.07. The third kappa shape index (κ3) is 5.72. The van der Waals surface area contributed by atoms with Gasteiger partial charge in [-0.05, 0) is 49.9 Å². The molecule has 1 aromatic carbocycles. The van der Waals surface area contributed by atoms with E-state index in [-0.39, 0.29) is 24.0 Å². The van der Waals surface area contributed by atoms with Crippen molar-refractivity contribution < 1.29 is 0 Å². The molecule has 0 aliphatic carbocycles. The Kier molecular flexibility index (Phi) is 8.15. The highest BCUT2D eigenvalue weighted by molar-refractivity contribution is 14.0. The number of fused-ring (bicyclic) bond motifs is 1. The van der Waals surface area contributed by atoms with Crippen LogP contribution in [0.1, 0.15) is 23.6 Å². The Morgan fingerprint density at radius 2 is 2.11 bits per heavy atom. The van der Waals surface area contributed by atoms with Crippen LogP contribution in [0.3, 0.4) is 0 Å². The lowest BCUT2D eigenvalue weighted by Crippen LogP contribution is -2.39. The fraction of sp³-hybridized carbons (Fsp3) is 0.400. The molecule has 0 saturated heterocycles. The molecule has 3 rings (SSSR count). The number of H-pyrrole nitrogens is 1. The zero-order chi connectivity index (χ0) is 18.4. The Bertz CT molecular complexity index is 880. The van der Waals surface area contributed by atoms with Crippen molar-refractivity contribution in [2.75, 3.05) is 19.6 Å². The maximum absolute atomic E-state index is 4.71. The SMILES string of the molecule is CCNC(=NCCc1c[nH]c2cccc(C)c12)NCCn1cc(C)cn1.I. The van der Waals surface area contributed by atoms with Gasteiger partial charge in [0.15, 0.2) is 5.96 Å². The Morgan fingerprint density at radius 1 is 1.26 bits per heavy atom. The molecule has 0 fully saturated rings. The molecular weight excluding hydrogens is 451 g/mol. The molecule has 0 saturated carbocycles. The van der Waals surface area contributed by atoms with Gasteiger partial charge in [-0.1, -0.05) is 12.1 Å². The average molecular weight is 480 g/mol. The van der Waals surface area contributed by atoms with E-state index in [1.54, 1.807) is 0 Å². The van der Waals surface area contributed by atoms with Crippen LogP contribution >= 0.6 is 24.0 Å². The van der Waals surface area contributed by atoms with Gasteiger partial charge in [0.2, 0.25) is 0 Å². The molecule has 146 valence electrons. The average Bonchev–Trinajstić information content (AvgIpc) is 3.22. The fourth-order valence-corrected chi connectivity index (χ4v) is 3.16. The first kappa shape index (κ1) is 21.3. The summed E-state index contributed by atoms with van der Waals surface area (Å²) < 4.78 is 1.95. The molecule has 0 amide bonds. The highest BCUT2D eigenvalue weighted by Crippen LogP contribution is 2.22. The number of nitrogens with zero attached hydrogens (tertiary/aromatic N) is 3. The minimum atomic E-state index is 0. The summed E-state index contributed by atoms with van der Waals surface area (Å²) in [6, 6.07) is 6.37. The van der Waals surface area contributed by atoms with E-state index in [0.29, 0.717) is 0 Å². The predicted octanol–water partition coefficient (Wildman–Crippen LogP) is 3.40. The van der Waals surface area contributed by atoms with Crippen molar-refractivity contribution in [1.82, 2.24) is 25.4 Å². The number of aryl methyl sites for hydroxylation is 2. The molecule has 0 aliphatic heterocycles. The van der Waals surface area contributed by atoms with Gasteiger partial charge in [0.1, 0.15) is 0 Å². The quantitative estimate of drug-likeness (QED) is 0.276. The largest absolute Gasteiger partial charge is 0.361 e. The summed E-state index contributed by atoms with van der Waals surface area (Å²) in [5, 5.41) is 12.3. The van der Waals surface area contributed by atoms with Gasteiger partial charge in [0.05, 0.1) is 12.7 Å². The van der Waals surface area contributed by atoms with Crippen LogP contribution in [-0.2, 0) is 13.0 Å². The topological polar surface area (TPSA) is 70.0 Å². The van der Waals surface area contributed by atoms with Crippen molar-refractivity contribution in [3.8, 4) is 0 Å². The first-order valence-electron chi connectivity index (χ1n) is 9.24. The van der Waals surface area contributed by atoms with E-state index in [4.69, 9.17) is 4.99 Å². The first-order chi connectivity index (χ1) is 12.7. The van der Waals surface area contributed by atoms with Crippen molar-refractivity contribution in [1.29, 1.82) is 0 Å². The van der Waals surface area contributed by atoms with Crippen LogP contribution in [0.4, 0.5) is 0 Å². The van der Waals surface area contributed by atoms with Gasteiger partial charge in [-0.2, -0.15) is 5.10 Å². The minimum Gasteiger partial charge on any atom is -0.361 e. The fourth-order valence-electron chi connectivity index (χ4n) is 3.16. The van der Waals surface area contributed by atoms with E-state index in [9.17, 15) is 0 Å². The summed E-state index contributed by atoms with van der Waals surface area (Å²) in [5.74, 6) is 0.855. The molecule has 3 N–H and O–H groups in total. The summed E-state index contributed by atoms with van der Waals surface area (Å²) in [6.45, 7) is 9.49. The standard InChI is InChI=1S/C20H28N6.HI/c1-4-21-20(23-10-11-26-14-15(2)12-25-26)22-9-8-17-13-24-18-7-5-6-16(3)19(17)18;/h5-7,12-14,24H,4,8-11H2,1-3H3,(H2,21,22,23);1H. The number of aromatic nitrogens is 3. The van der Waals surface area contributed by atoms with E-state index in [2.05, 4.69) is 65.9 Å². The monoisotopic (exact) mass is 480 g/mol. The second-order valence-corrected chi connectivity index (χ2v) is 6.53. The van der Waals surface area contributed by atoms with Crippen LogP contribution in [0.2, 0.25) is 0 Å². The number of aromatic amines is 1. The second kappa shape index (κ2) is 10.3. The highest BCUT2D eigenvalue weighted by Gasteiger charge is 2.06. The van der Waals surface area contributed by atoms with Crippen molar-refractivity contribution >= 4 is 40.8 Å². The van der Waals surface area contributed by atoms with Crippen LogP contribution in [0, 0.1) is 13.8 Å². The lowest BCUT2D eigenvalue weighted by molar-refractivity contribution is 0.597. The number of rotatable bonds is 7. The number of nitrogens with one attached hydrogen (secondary N) is 3. The molecule has 6 nitrogen and oxygen atoms in total. The number of guanidine groups is 1. The molecule has 0 aliphatic rings. The van der Waals surface area contributed by atoms with Crippen LogP contribution in [0.25, 0.3) is 10.9 Å². The zero-order valence-electron chi connectivity index (χ0n) is 16.2. The third-order valence-corrected chi connectivity index (χ3v) is 4.39. The van der Waals surface area contributed by atoms with E-state index >= 15 is 0 Å². The van der Waals surface area contributed by atoms with Gasteiger partial charge in [0, 0.05) is 42.9 Å². The van der Waals surface area contributed by atoms with Gasteiger partial charge in [0.25, 0.3) is 0 Å². The zero-order valence-corrected chi connectivity index (χ0v) is 18.6. The van der Waals surface area contributed by atoms with Crippen LogP contribution < -0.4 is 10.6 Å². The third-order valence-electron chi connectivity index (χ3n) is 4.39. The molecule has 27 heavy (non-hydrogen) atoms. The maximum atomic E-state index is 4.71. The number of benzene rings is 1. The number of hydrogen-bond donors (Lipinski definition) is 3. The van der Waals surface area contributed by atoms with Crippen LogP contribution in [0.5, 0.6) is 0 Å². The van der Waals surface area contributed by atoms with E-state index < -0.39 is 0 Å². The number of hydrogen-bond acceptors (Lipinski definition) is 2. The van der Waals surface area contributed by atoms with E-state index in [0.717, 1.165) is 38.6 Å². The van der Waals surface area contributed by atoms with Crippen molar-refractivity contribution in [2.45, 2.75) is 33.7 Å². The molecule has 2 aromatic heterocycles. The molecule has 0 unspecified atom stereocenters. The van der Waals surface area contributed by atoms with Gasteiger partial charge in [-0.3, -0.25) is 9.67 Å². The number of aliphatic imine (C=N–C) groups is 1. The number of halogens is 1. The minimum absolute atomic E-state index is 0. The predicted molar refractivity (Wildman–Crippen MR) is 123 cm³/mol. The lowest BCUT2D eigenvalue weighted by atomic mass is 10.1. The first-order valence-corrected chi connectivity index (χ1v) is 9.24. The summed E-state index contributed by atoms with van der Waals surface area (Å²) >= 11 is 0. The molecule has 0 atom stereocenters. The highest BCUT2D eigenvalue weighted by atomic mass is 127. The summed E-state index contributed by atoms with van der Waals surface area (Å²) in [7, 11) is 0. The molecule has 2 heterocycles. The van der Waals surface area contributed by atoms with Crippen molar-refractivity contribution in [2.24, 2.45) is 4.99 Å². The Morgan fingerprint density at radius 3 is 2.85 bits per heavy atom. The van der Waals surface area contributed by atoms with Gasteiger partial charge < -0.3 is 15.6 Å². The smallest absolute Gasteiger partial charge is 0.191 e. The molecule has 0 radical (unpaired) electrons. The summed E-state index contributed by atoms with van der Waals surface area (Å²) in [6.07, 6.45) is 6.95. The lowest BCUT2D eigenvalue weighted by Gasteiger charge is -2.11. The van der Waals surface area contributed by atoms with E-state index in [1.165, 1.54) is 27.6 Å². The summed E-state index contributed by atoms with van der Waals surface area (Å²) in [5.41, 5.74) is 5.01. The molecule has 0 bridgehead atoms. The van der Waals surface area contributed by atoms with Crippen LogP contribution in [0.15, 0.2) is 41.8 Å². The van der Waals surface area contributed by atoms with E-state index in [1.807, 2.05) is 17.1 Å². The van der Waals surface area contributed by atoms with Crippen molar-refractivity contribution in [3.05, 3.63) is 53.5 Å². The molecular formula is C20H29IN6. The Labute approximate surface area is 177 Å². The van der Waals surface area contributed by atoms with Crippen LogP contribution in [-0.4, -0.2) is 40.4 Å². The maximum Gasteiger partial charge on any atom is 0.191 e. The Hall–Kier alpha value is -2.03. The second-order valence-electron chi connectivity index (χ2n) is 6.53. The van der Waals surface area contributed by atoms with Gasteiger partial charge in [-0.15, -0.1) is 24.0 Å². The van der Waals surface area contributed by atoms with Gasteiger partial charge >= 0.3 is 0 Å². The molecule has 7 heteroatoms. The Balaban J connectivity index is 0.00000261. The molecule has 3 aromatic rings.